The molecule has 0 atom stereocenters. The van der Waals surface area contributed by atoms with Crippen LogP contribution in [-0.2, 0) is 29.5 Å². The number of fused-ring (bicyclic) bond motifs is 2. The number of hydrogen-bond donors (Lipinski definition) is 2. The summed E-state index contributed by atoms with van der Waals surface area (Å²) in [4.78, 5) is 51.2. The van der Waals surface area contributed by atoms with Gasteiger partial charge in [0, 0.05) is 60.5 Å². The number of rotatable bonds is 6. The van der Waals surface area contributed by atoms with E-state index in [-0.39, 0.29) is 70.3 Å². The van der Waals surface area contributed by atoms with E-state index in [4.69, 9.17) is 9.47 Å². The minimum Gasteiger partial charge on any atom is -0.444 e. The van der Waals surface area contributed by atoms with Crippen LogP contribution in [0.5, 0.6) is 0 Å². The lowest BCUT2D eigenvalue weighted by atomic mass is 9.84. The summed E-state index contributed by atoms with van der Waals surface area (Å²) in [6.45, 7) is 11.0. The zero-order valence-corrected chi connectivity index (χ0v) is 30.7. The molecule has 272 valence electrons. The van der Waals surface area contributed by atoms with E-state index in [0.717, 1.165) is 0 Å². The van der Waals surface area contributed by atoms with E-state index in [2.05, 4.69) is 10.6 Å². The van der Waals surface area contributed by atoms with Crippen LogP contribution >= 0.6 is 0 Å². The van der Waals surface area contributed by atoms with Crippen molar-refractivity contribution in [2.24, 2.45) is 0 Å². The molecule has 1 aliphatic carbocycles. The van der Waals surface area contributed by atoms with Gasteiger partial charge in [-0.25, -0.2) is 26.4 Å². The number of piperidine rings is 2. The van der Waals surface area contributed by atoms with Gasteiger partial charge in [0.2, 0.25) is 20.0 Å². The van der Waals surface area contributed by atoms with Gasteiger partial charge in [0.05, 0.1) is 9.79 Å². The third kappa shape index (κ3) is 8.19. The van der Waals surface area contributed by atoms with Gasteiger partial charge in [0.25, 0.3) is 0 Å². The molecule has 2 aliphatic heterocycles. The van der Waals surface area contributed by atoms with Crippen molar-refractivity contribution < 1.29 is 45.5 Å². The Bertz CT molecular complexity index is 1780. The molecule has 2 heterocycles. The van der Waals surface area contributed by atoms with Gasteiger partial charge in [-0.15, -0.1) is 0 Å². The van der Waals surface area contributed by atoms with Gasteiger partial charge in [-0.05, 0) is 104 Å². The lowest BCUT2D eigenvalue weighted by molar-refractivity contribution is 0.0477. The van der Waals surface area contributed by atoms with E-state index in [1.807, 2.05) is 0 Å². The Morgan fingerprint density at radius 1 is 0.600 bits per heavy atom. The molecule has 5 rings (SSSR count). The van der Waals surface area contributed by atoms with Crippen LogP contribution in [0.1, 0.15) is 99.1 Å². The minimum absolute atomic E-state index is 0.0229. The number of alkyl carbamates (subject to hydrolysis) is 2. The second kappa shape index (κ2) is 13.7. The average molecular weight is 733 g/mol. The molecule has 2 amide bonds. The van der Waals surface area contributed by atoms with E-state index >= 15 is 0 Å². The Labute approximate surface area is 293 Å². The highest BCUT2D eigenvalue weighted by Gasteiger charge is 2.37. The molecule has 0 bridgehead atoms. The predicted octanol–water partition coefficient (Wildman–Crippen LogP) is 3.82. The summed E-state index contributed by atoms with van der Waals surface area (Å²) >= 11 is 0. The number of ketones is 2. The molecule has 0 unspecified atom stereocenters. The van der Waals surface area contributed by atoms with Crippen molar-refractivity contribution in [3.63, 3.8) is 0 Å². The van der Waals surface area contributed by atoms with E-state index in [1.165, 1.54) is 45.0 Å². The van der Waals surface area contributed by atoms with Gasteiger partial charge < -0.3 is 20.1 Å². The average Bonchev–Trinajstić information content (AvgIpc) is 3.01. The topological polar surface area (TPSA) is 186 Å². The molecule has 0 radical (unpaired) electrons. The predicted molar refractivity (Wildman–Crippen MR) is 182 cm³/mol. The number of sulfonamides is 2. The normalized spacial score (nSPS) is 18.6. The van der Waals surface area contributed by atoms with E-state index in [1.54, 1.807) is 41.5 Å². The second-order valence-electron chi connectivity index (χ2n) is 14.7. The molecule has 0 saturated carbocycles. The maximum Gasteiger partial charge on any atom is 0.407 e. The highest BCUT2D eigenvalue weighted by molar-refractivity contribution is 7.89. The van der Waals surface area contributed by atoms with Crippen molar-refractivity contribution in [1.29, 1.82) is 0 Å². The number of ether oxygens (including phenoxy) is 2. The van der Waals surface area contributed by atoms with Crippen LogP contribution in [0.25, 0.3) is 0 Å². The molecule has 2 N–H and O–H groups in total. The van der Waals surface area contributed by atoms with Crippen molar-refractivity contribution in [3.05, 3.63) is 58.7 Å². The molecule has 2 saturated heterocycles. The molecule has 16 heteroatoms. The standard InChI is InChI=1S/C34H44N4O10S2/c1-33(2,3)47-31(41)35-21-11-15-37(16-12-21)49(43,44)23-7-9-25-27(19-23)29(39)26-10-8-24(20-28(26)30(25)40)50(45,46)38-17-13-22(14-18-38)36-32(42)48-34(4,5)6/h7-10,19-22H,11-18H2,1-6H3,(H,35,41)(H,36,42). The lowest BCUT2D eigenvalue weighted by Crippen LogP contribution is -2.47. The largest absolute Gasteiger partial charge is 0.444 e. The van der Waals surface area contributed by atoms with Gasteiger partial charge in [-0.1, -0.05) is 0 Å². The Balaban J connectivity index is 1.27. The summed E-state index contributed by atoms with van der Waals surface area (Å²) in [7, 11) is -8.08. The molecule has 2 aromatic carbocycles. The fourth-order valence-electron chi connectivity index (χ4n) is 6.16. The van der Waals surface area contributed by atoms with Gasteiger partial charge in [0.1, 0.15) is 11.2 Å². The first-order chi connectivity index (χ1) is 23.2. The smallest absolute Gasteiger partial charge is 0.407 e. The fourth-order valence-corrected chi connectivity index (χ4v) is 9.15. The molecule has 0 spiro atoms. The highest BCUT2D eigenvalue weighted by atomic mass is 32.2. The van der Waals surface area contributed by atoms with Crippen LogP contribution in [0.15, 0.2) is 46.2 Å². The maximum atomic E-state index is 13.6. The maximum absolute atomic E-state index is 13.6. The number of carbonyl (C=O) groups excluding carboxylic acids is 4. The molecule has 0 aromatic heterocycles. The second-order valence-corrected chi connectivity index (χ2v) is 18.6. The van der Waals surface area contributed by atoms with Crippen LogP contribution in [0.2, 0.25) is 0 Å². The lowest BCUT2D eigenvalue weighted by Gasteiger charge is -2.32. The Morgan fingerprint density at radius 2 is 0.920 bits per heavy atom. The zero-order chi connectivity index (χ0) is 36.8. The van der Waals surface area contributed by atoms with Crippen molar-refractivity contribution in [1.82, 2.24) is 19.2 Å². The Hall–Kier alpha value is -3.86. The fraction of sp³-hybridized carbons (Fsp3) is 0.529. The summed E-state index contributed by atoms with van der Waals surface area (Å²) in [5.74, 6) is -1.19. The number of hydrogen-bond acceptors (Lipinski definition) is 10. The van der Waals surface area contributed by atoms with Gasteiger partial charge in [-0.3, -0.25) is 9.59 Å². The van der Waals surface area contributed by atoms with Crippen molar-refractivity contribution in [3.8, 4) is 0 Å². The van der Waals surface area contributed by atoms with E-state index in [0.29, 0.717) is 25.7 Å². The minimum atomic E-state index is -4.04. The molecule has 50 heavy (non-hydrogen) atoms. The molecular weight excluding hydrogens is 689 g/mol. The molecule has 3 aliphatic rings. The molecule has 14 nitrogen and oxygen atoms in total. The monoisotopic (exact) mass is 732 g/mol. The summed E-state index contributed by atoms with van der Waals surface area (Å²) in [6, 6.07) is 6.96. The first-order valence-electron chi connectivity index (χ1n) is 16.5. The van der Waals surface area contributed by atoms with Crippen molar-refractivity contribution >= 4 is 43.8 Å². The van der Waals surface area contributed by atoms with Crippen LogP contribution in [0.4, 0.5) is 9.59 Å². The quantitative estimate of drug-likeness (QED) is 0.378. The summed E-state index contributed by atoms with van der Waals surface area (Å²) in [5.41, 5.74) is -1.54. The van der Waals surface area contributed by atoms with E-state index < -0.39 is 55.0 Å². The molecule has 2 fully saturated rings. The van der Waals surface area contributed by atoms with Gasteiger partial charge in [-0.2, -0.15) is 8.61 Å². The van der Waals surface area contributed by atoms with Crippen LogP contribution in [-0.4, -0.2) is 98.7 Å². The van der Waals surface area contributed by atoms with Crippen LogP contribution in [0.3, 0.4) is 0 Å². The summed E-state index contributed by atoms with van der Waals surface area (Å²) in [5, 5.41) is 5.54. The molecular formula is C34H44N4O10S2. The third-order valence-corrected chi connectivity index (χ3v) is 12.4. The number of benzene rings is 2. The van der Waals surface area contributed by atoms with Crippen molar-refractivity contribution in [2.75, 3.05) is 26.2 Å². The number of nitrogens with zero attached hydrogens (tertiary/aromatic N) is 2. The van der Waals surface area contributed by atoms with Gasteiger partial charge >= 0.3 is 12.2 Å². The summed E-state index contributed by atoms with van der Waals surface area (Å²) in [6.07, 6.45) is 0.300. The zero-order valence-electron chi connectivity index (χ0n) is 29.1. The van der Waals surface area contributed by atoms with Crippen LogP contribution < -0.4 is 10.6 Å². The van der Waals surface area contributed by atoms with E-state index in [9.17, 15) is 36.0 Å². The van der Waals surface area contributed by atoms with Crippen molar-refractivity contribution in [2.45, 2.75) is 100 Å². The first-order valence-corrected chi connectivity index (χ1v) is 19.4. The first kappa shape index (κ1) is 37.4. The molecule has 2 aromatic rings. The Kier molecular flexibility index (Phi) is 10.2. The SMILES string of the molecule is CC(C)(C)OC(=O)NC1CCN(S(=O)(=O)c2ccc3c(c2)C(=O)c2ccc(S(=O)(=O)N4CCC(NC(=O)OC(C)(C)C)CC4)cc2C3=O)CC1. The highest BCUT2D eigenvalue weighted by Crippen LogP contribution is 2.33. The number of carbonyl (C=O) groups is 4. The number of amides is 2. The summed E-state index contributed by atoms with van der Waals surface area (Å²) < 4.78 is 67.4. The third-order valence-electron chi connectivity index (χ3n) is 8.59. The van der Waals surface area contributed by atoms with Gasteiger partial charge in [0.15, 0.2) is 11.6 Å². The van der Waals surface area contributed by atoms with Crippen LogP contribution in [0, 0.1) is 0 Å². The Morgan fingerprint density at radius 3 is 1.22 bits per heavy atom. The number of nitrogens with one attached hydrogen (secondary N) is 2.